The Kier molecular flexibility index (Phi) is 3.31. The van der Waals surface area contributed by atoms with Crippen LogP contribution in [0.25, 0.3) is 11.5 Å². The summed E-state index contributed by atoms with van der Waals surface area (Å²) in [6, 6.07) is 11.7. The highest BCUT2D eigenvalue weighted by Crippen LogP contribution is 2.34. The van der Waals surface area contributed by atoms with Crippen LogP contribution in [0.5, 0.6) is 0 Å². The number of nitrogens with zero attached hydrogens (tertiary/aromatic N) is 2. The van der Waals surface area contributed by atoms with Crippen LogP contribution in [0.4, 0.5) is 5.69 Å². The molecule has 0 spiro atoms. The Morgan fingerprint density at radius 1 is 1.30 bits per heavy atom. The Morgan fingerprint density at radius 3 is 2.91 bits per heavy atom. The molecule has 5 heteroatoms. The number of aryl methyl sites for hydroxylation is 1. The van der Waals surface area contributed by atoms with E-state index in [4.69, 9.17) is 4.42 Å². The van der Waals surface area contributed by atoms with E-state index in [1.807, 2.05) is 41.5 Å². The number of thiazole rings is 1. The van der Waals surface area contributed by atoms with Crippen LogP contribution in [-0.4, -0.2) is 16.9 Å². The van der Waals surface area contributed by atoms with Crippen LogP contribution in [-0.2, 0) is 6.42 Å². The van der Waals surface area contributed by atoms with Gasteiger partial charge < -0.3 is 9.32 Å². The highest BCUT2D eigenvalue weighted by Gasteiger charge is 2.32. The molecule has 1 aliphatic heterocycles. The molecule has 0 bridgehead atoms. The lowest BCUT2D eigenvalue weighted by Gasteiger charge is -2.21. The number of rotatable bonds is 2. The molecule has 3 heterocycles. The molecule has 2 aromatic heterocycles. The topological polar surface area (TPSA) is 46.3 Å². The van der Waals surface area contributed by atoms with Gasteiger partial charge in [0.1, 0.15) is 5.69 Å². The van der Waals surface area contributed by atoms with Crippen LogP contribution in [0, 0.1) is 6.92 Å². The Labute approximate surface area is 138 Å². The number of carbonyl (C=O) groups is 1. The van der Waals surface area contributed by atoms with Gasteiger partial charge in [0.15, 0.2) is 11.5 Å². The van der Waals surface area contributed by atoms with E-state index in [2.05, 4.69) is 18.0 Å². The summed E-state index contributed by atoms with van der Waals surface area (Å²) < 4.78 is 5.77. The number of carbonyl (C=O) groups excluding carboxylic acids is 1. The van der Waals surface area contributed by atoms with E-state index in [-0.39, 0.29) is 11.9 Å². The number of furan rings is 1. The van der Waals surface area contributed by atoms with Gasteiger partial charge in [0.05, 0.1) is 5.01 Å². The molecule has 0 radical (unpaired) electrons. The van der Waals surface area contributed by atoms with Crippen molar-refractivity contribution in [3.63, 3.8) is 0 Å². The predicted molar refractivity (Wildman–Crippen MR) is 91.0 cm³/mol. The summed E-state index contributed by atoms with van der Waals surface area (Å²) in [7, 11) is 0. The number of aromatic nitrogens is 1. The molecule has 4 nitrogen and oxygen atoms in total. The van der Waals surface area contributed by atoms with Gasteiger partial charge in [0.25, 0.3) is 5.91 Å². The highest BCUT2D eigenvalue weighted by atomic mass is 32.1. The maximum absolute atomic E-state index is 12.9. The molecule has 116 valence electrons. The fourth-order valence-electron chi connectivity index (χ4n) is 3.06. The maximum Gasteiger partial charge on any atom is 0.294 e. The quantitative estimate of drug-likeness (QED) is 0.706. The van der Waals surface area contributed by atoms with Gasteiger partial charge in [-0.05, 0) is 44.0 Å². The first kappa shape index (κ1) is 14.2. The van der Waals surface area contributed by atoms with Gasteiger partial charge in [-0.3, -0.25) is 4.79 Å². The summed E-state index contributed by atoms with van der Waals surface area (Å²) in [6.07, 6.45) is 0.876. The van der Waals surface area contributed by atoms with Crippen molar-refractivity contribution in [3.8, 4) is 11.5 Å². The fourth-order valence-corrected chi connectivity index (χ4v) is 3.66. The molecule has 0 aliphatic carbocycles. The lowest BCUT2D eigenvalue weighted by atomic mass is 10.1. The lowest BCUT2D eigenvalue weighted by Crippen LogP contribution is -2.35. The number of amides is 1. The van der Waals surface area contributed by atoms with Gasteiger partial charge in [-0.1, -0.05) is 18.2 Å². The zero-order valence-corrected chi connectivity index (χ0v) is 13.8. The monoisotopic (exact) mass is 324 g/mol. The third-order valence-corrected chi connectivity index (χ3v) is 4.89. The Bertz CT molecular complexity index is 881. The number of para-hydroxylation sites is 1. The van der Waals surface area contributed by atoms with Crippen molar-refractivity contribution in [2.24, 2.45) is 0 Å². The summed E-state index contributed by atoms with van der Waals surface area (Å²) in [4.78, 5) is 19.1. The number of fused-ring (bicyclic) bond motifs is 1. The number of hydrogen-bond acceptors (Lipinski definition) is 4. The average molecular weight is 324 g/mol. The van der Waals surface area contributed by atoms with Gasteiger partial charge in [-0.15, -0.1) is 11.3 Å². The zero-order chi connectivity index (χ0) is 16.0. The van der Waals surface area contributed by atoms with Crippen LogP contribution in [0.2, 0.25) is 0 Å². The van der Waals surface area contributed by atoms with Gasteiger partial charge >= 0.3 is 0 Å². The molecule has 0 saturated heterocycles. The summed E-state index contributed by atoms with van der Waals surface area (Å²) in [5.74, 6) is 0.896. The van der Waals surface area contributed by atoms with E-state index in [9.17, 15) is 4.79 Å². The van der Waals surface area contributed by atoms with E-state index in [1.165, 1.54) is 5.56 Å². The van der Waals surface area contributed by atoms with Gasteiger partial charge in [0.2, 0.25) is 0 Å². The first-order valence-electron chi connectivity index (χ1n) is 7.57. The van der Waals surface area contributed by atoms with Crippen molar-refractivity contribution >= 4 is 22.9 Å². The first-order valence-corrected chi connectivity index (χ1v) is 8.45. The Morgan fingerprint density at radius 2 is 2.13 bits per heavy atom. The molecule has 1 aliphatic rings. The minimum Gasteiger partial charge on any atom is -0.449 e. The predicted octanol–water partition coefficient (Wildman–Crippen LogP) is 4.30. The minimum absolute atomic E-state index is 0.0966. The molecule has 1 amide bonds. The normalized spacial score (nSPS) is 16.6. The summed E-state index contributed by atoms with van der Waals surface area (Å²) >= 11 is 1.57. The highest BCUT2D eigenvalue weighted by molar-refractivity contribution is 7.09. The summed E-state index contributed by atoms with van der Waals surface area (Å²) in [5.41, 5.74) is 2.96. The van der Waals surface area contributed by atoms with Crippen LogP contribution >= 0.6 is 11.3 Å². The van der Waals surface area contributed by atoms with Crippen molar-refractivity contribution in [3.05, 3.63) is 58.1 Å². The van der Waals surface area contributed by atoms with Gasteiger partial charge in [-0.25, -0.2) is 4.98 Å². The van der Waals surface area contributed by atoms with Crippen LogP contribution in [0.1, 0.15) is 28.0 Å². The summed E-state index contributed by atoms with van der Waals surface area (Å²) in [5, 5.41) is 2.92. The average Bonchev–Trinajstić information content (AvgIpc) is 3.23. The Hall–Kier alpha value is -2.40. The summed E-state index contributed by atoms with van der Waals surface area (Å²) in [6.45, 7) is 4.01. The molecule has 4 rings (SSSR count). The van der Waals surface area contributed by atoms with E-state index < -0.39 is 0 Å². The third kappa shape index (κ3) is 2.37. The molecule has 0 N–H and O–H groups in total. The van der Waals surface area contributed by atoms with Crippen LogP contribution < -0.4 is 4.90 Å². The largest absolute Gasteiger partial charge is 0.449 e. The second-order valence-corrected chi connectivity index (χ2v) is 6.83. The van der Waals surface area contributed by atoms with Gasteiger partial charge in [-0.2, -0.15) is 0 Å². The van der Waals surface area contributed by atoms with Crippen molar-refractivity contribution in [2.45, 2.75) is 26.3 Å². The number of hydrogen-bond donors (Lipinski definition) is 0. The lowest BCUT2D eigenvalue weighted by molar-refractivity contribution is 0.0955. The van der Waals surface area contributed by atoms with Gasteiger partial charge in [0, 0.05) is 17.1 Å². The smallest absolute Gasteiger partial charge is 0.294 e. The number of anilines is 1. The fraction of sp³-hybridized carbons (Fsp3) is 0.222. The molecule has 1 unspecified atom stereocenters. The van der Waals surface area contributed by atoms with E-state index in [0.717, 1.165) is 22.8 Å². The standard InChI is InChI=1S/C18H16N2O2S/c1-11-9-13-5-3-4-6-15(13)20(11)18(21)17-8-7-16(22-17)14-10-23-12(2)19-14/h3-8,10-11H,9H2,1-2H3. The number of benzene rings is 1. The minimum atomic E-state index is -0.0966. The van der Waals surface area contributed by atoms with E-state index in [0.29, 0.717) is 11.5 Å². The molecule has 23 heavy (non-hydrogen) atoms. The second-order valence-electron chi connectivity index (χ2n) is 5.77. The second kappa shape index (κ2) is 5.35. The third-order valence-electron chi connectivity index (χ3n) is 4.11. The van der Waals surface area contributed by atoms with Crippen LogP contribution in [0.15, 0.2) is 46.2 Å². The van der Waals surface area contributed by atoms with E-state index >= 15 is 0 Å². The molecule has 0 fully saturated rings. The van der Waals surface area contributed by atoms with Crippen molar-refractivity contribution in [2.75, 3.05) is 4.90 Å². The molecular formula is C18H16N2O2S. The van der Waals surface area contributed by atoms with E-state index in [1.54, 1.807) is 17.4 Å². The molecule has 0 saturated carbocycles. The molecule has 3 aromatic rings. The molecule has 1 atom stereocenters. The molecular weight excluding hydrogens is 308 g/mol. The SMILES string of the molecule is Cc1nc(-c2ccc(C(=O)N3c4ccccc4CC3C)o2)cs1. The Balaban J connectivity index is 1.66. The zero-order valence-electron chi connectivity index (χ0n) is 12.9. The van der Waals surface area contributed by atoms with Crippen LogP contribution in [0.3, 0.4) is 0 Å². The van der Waals surface area contributed by atoms with Crippen molar-refractivity contribution in [1.82, 2.24) is 4.98 Å². The maximum atomic E-state index is 12.9. The first-order chi connectivity index (χ1) is 11.1. The van der Waals surface area contributed by atoms with Crippen molar-refractivity contribution in [1.29, 1.82) is 0 Å². The van der Waals surface area contributed by atoms with Crippen molar-refractivity contribution < 1.29 is 9.21 Å². The molecule has 1 aromatic carbocycles.